The molecule has 0 heterocycles. The molecule has 0 bridgehead atoms. The lowest BCUT2D eigenvalue weighted by Crippen LogP contribution is -2.22. The zero-order valence-corrected chi connectivity index (χ0v) is 11.9. The number of aliphatic carboxylic acids is 1. The predicted molar refractivity (Wildman–Crippen MR) is 74.1 cm³/mol. The standard InChI is InChI=1S/C13H19NO4S/c1-3-10(9-13(15)16)14-11-5-7-12(8-6-11)19(17,18)4-2/h5-8,10,14H,3-4,9H2,1-2H3,(H,15,16). The van der Waals surface area contributed by atoms with Gasteiger partial charge < -0.3 is 10.4 Å². The molecule has 0 aromatic heterocycles. The monoisotopic (exact) mass is 285 g/mol. The van der Waals surface area contributed by atoms with E-state index in [0.717, 1.165) is 5.69 Å². The Balaban J connectivity index is 2.79. The van der Waals surface area contributed by atoms with Gasteiger partial charge in [0, 0.05) is 11.7 Å². The number of benzene rings is 1. The van der Waals surface area contributed by atoms with Crippen LogP contribution in [0.25, 0.3) is 0 Å². The lowest BCUT2D eigenvalue weighted by atomic mass is 10.1. The van der Waals surface area contributed by atoms with Crippen molar-refractivity contribution in [1.82, 2.24) is 0 Å². The minimum Gasteiger partial charge on any atom is -0.481 e. The van der Waals surface area contributed by atoms with Crippen LogP contribution in [0.1, 0.15) is 26.7 Å². The number of nitrogens with one attached hydrogen (secondary N) is 1. The fourth-order valence-electron chi connectivity index (χ4n) is 1.67. The molecule has 1 rings (SSSR count). The normalized spacial score (nSPS) is 12.9. The van der Waals surface area contributed by atoms with Crippen LogP contribution in [0.15, 0.2) is 29.2 Å². The highest BCUT2D eigenvalue weighted by Crippen LogP contribution is 2.17. The second-order valence-corrected chi connectivity index (χ2v) is 6.55. The first-order valence-corrected chi connectivity index (χ1v) is 7.85. The fourth-order valence-corrected chi connectivity index (χ4v) is 2.55. The van der Waals surface area contributed by atoms with E-state index < -0.39 is 15.8 Å². The Bertz CT molecular complexity index is 522. The Kier molecular flexibility index (Phi) is 5.35. The van der Waals surface area contributed by atoms with Crippen LogP contribution in [-0.2, 0) is 14.6 Å². The molecule has 1 aromatic carbocycles. The van der Waals surface area contributed by atoms with E-state index in [1.807, 2.05) is 6.92 Å². The number of anilines is 1. The van der Waals surface area contributed by atoms with E-state index in [9.17, 15) is 13.2 Å². The molecular formula is C13H19NO4S. The van der Waals surface area contributed by atoms with Gasteiger partial charge in [-0.15, -0.1) is 0 Å². The van der Waals surface area contributed by atoms with Gasteiger partial charge in [-0.25, -0.2) is 8.42 Å². The van der Waals surface area contributed by atoms with Crippen LogP contribution in [0.5, 0.6) is 0 Å². The van der Waals surface area contributed by atoms with Gasteiger partial charge >= 0.3 is 5.97 Å². The van der Waals surface area contributed by atoms with E-state index in [0.29, 0.717) is 6.42 Å². The summed E-state index contributed by atoms with van der Waals surface area (Å²) in [6.07, 6.45) is 0.715. The molecule has 0 spiro atoms. The third kappa shape index (κ3) is 4.55. The minimum absolute atomic E-state index is 0.0332. The SMILES string of the molecule is CCC(CC(=O)O)Nc1ccc(S(=O)(=O)CC)cc1. The van der Waals surface area contributed by atoms with Crippen molar-refractivity contribution in [3.63, 3.8) is 0 Å². The summed E-state index contributed by atoms with van der Waals surface area (Å²) in [5.74, 6) is -0.791. The Hall–Kier alpha value is -1.56. The van der Waals surface area contributed by atoms with Crippen molar-refractivity contribution in [3.05, 3.63) is 24.3 Å². The second-order valence-electron chi connectivity index (χ2n) is 4.28. The molecule has 0 radical (unpaired) electrons. The molecule has 1 atom stereocenters. The fraction of sp³-hybridized carbons (Fsp3) is 0.462. The van der Waals surface area contributed by atoms with Crippen LogP contribution in [0, 0.1) is 0 Å². The first kappa shape index (κ1) is 15.5. The number of carboxylic acid groups (broad SMARTS) is 1. The summed E-state index contributed by atoms with van der Waals surface area (Å²) in [5.41, 5.74) is 0.725. The van der Waals surface area contributed by atoms with Gasteiger partial charge in [0.25, 0.3) is 0 Å². The van der Waals surface area contributed by atoms with Crippen LogP contribution < -0.4 is 5.32 Å². The van der Waals surface area contributed by atoms with Gasteiger partial charge in [0.15, 0.2) is 9.84 Å². The highest BCUT2D eigenvalue weighted by molar-refractivity contribution is 7.91. The molecule has 0 aliphatic carbocycles. The largest absolute Gasteiger partial charge is 0.481 e. The average Bonchev–Trinajstić information content (AvgIpc) is 2.38. The zero-order valence-electron chi connectivity index (χ0n) is 11.1. The van der Waals surface area contributed by atoms with Gasteiger partial charge in [-0.2, -0.15) is 0 Å². The van der Waals surface area contributed by atoms with Crippen LogP contribution in [0.3, 0.4) is 0 Å². The summed E-state index contributed by atoms with van der Waals surface area (Å²) in [6.45, 7) is 3.50. The van der Waals surface area contributed by atoms with E-state index in [4.69, 9.17) is 5.11 Å². The van der Waals surface area contributed by atoms with E-state index in [1.165, 1.54) is 12.1 Å². The molecule has 0 amide bonds. The van der Waals surface area contributed by atoms with Gasteiger partial charge in [-0.05, 0) is 30.7 Å². The molecule has 106 valence electrons. The number of carbonyl (C=O) groups is 1. The van der Waals surface area contributed by atoms with Crippen molar-refractivity contribution >= 4 is 21.5 Å². The van der Waals surface area contributed by atoms with Crippen molar-refractivity contribution in [2.75, 3.05) is 11.1 Å². The summed E-state index contributed by atoms with van der Waals surface area (Å²) in [4.78, 5) is 10.9. The minimum atomic E-state index is -3.19. The molecule has 0 aliphatic rings. The molecule has 0 saturated carbocycles. The third-order valence-corrected chi connectivity index (χ3v) is 4.63. The molecule has 2 N–H and O–H groups in total. The first-order valence-electron chi connectivity index (χ1n) is 6.20. The lowest BCUT2D eigenvalue weighted by molar-refractivity contribution is -0.137. The summed E-state index contributed by atoms with van der Waals surface area (Å²) in [6, 6.07) is 6.23. The van der Waals surface area contributed by atoms with Crippen molar-refractivity contribution in [1.29, 1.82) is 0 Å². The Morgan fingerprint density at radius 1 is 1.26 bits per heavy atom. The highest BCUT2D eigenvalue weighted by Gasteiger charge is 2.13. The summed E-state index contributed by atoms with van der Waals surface area (Å²) < 4.78 is 23.3. The predicted octanol–water partition coefficient (Wildman–Crippen LogP) is 2.15. The van der Waals surface area contributed by atoms with Crippen LogP contribution in [0.2, 0.25) is 0 Å². The molecule has 1 unspecified atom stereocenters. The van der Waals surface area contributed by atoms with Gasteiger partial charge in [-0.3, -0.25) is 4.79 Å². The molecule has 0 aliphatic heterocycles. The maximum Gasteiger partial charge on any atom is 0.305 e. The van der Waals surface area contributed by atoms with E-state index in [2.05, 4.69) is 5.32 Å². The lowest BCUT2D eigenvalue weighted by Gasteiger charge is -2.16. The Morgan fingerprint density at radius 3 is 2.26 bits per heavy atom. The van der Waals surface area contributed by atoms with Gasteiger partial charge in [0.2, 0.25) is 0 Å². The zero-order chi connectivity index (χ0) is 14.5. The quantitative estimate of drug-likeness (QED) is 0.802. The first-order chi connectivity index (χ1) is 8.89. The third-order valence-electron chi connectivity index (χ3n) is 2.88. The number of sulfone groups is 1. The Labute approximate surface area is 113 Å². The molecule has 5 nitrogen and oxygen atoms in total. The molecule has 6 heteroatoms. The number of hydrogen-bond acceptors (Lipinski definition) is 4. The van der Waals surface area contributed by atoms with Crippen molar-refractivity contribution < 1.29 is 18.3 Å². The van der Waals surface area contributed by atoms with Crippen LogP contribution >= 0.6 is 0 Å². The van der Waals surface area contributed by atoms with E-state index >= 15 is 0 Å². The Morgan fingerprint density at radius 2 is 1.84 bits per heavy atom. The average molecular weight is 285 g/mol. The number of carboxylic acids is 1. The summed E-state index contributed by atoms with van der Waals surface area (Å²) >= 11 is 0. The van der Waals surface area contributed by atoms with Gasteiger partial charge in [0.05, 0.1) is 17.1 Å². The molecule has 0 saturated heterocycles. The smallest absolute Gasteiger partial charge is 0.305 e. The second kappa shape index (κ2) is 6.56. The van der Waals surface area contributed by atoms with E-state index in [-0.39, 0.29) is 23.1 Å². The highest BCUT2D eigenvalue weighted by atomic mass is 32.2. The summed E-state index contributed by atoms with van der Waals surface area (Å²) in [7, 11) is -3.19. The molecular weight excluding hydrogens is 266 g/mol. The molecule has 19 heavy (non-hydrogen) atoms. The van der Waals surface area contributed by atoms with Crippen molar-refractivity contribution in [2.24, 2.45) is 0 Å². The van der Waals surface area contributed by atoms with Crippen LogP contribution in [0.4, 0.5) is 5.69 Å². The molecule has 1 aromatic rings. The van der Waals surface area contributed by atoms with Gasteiger partial charge in [0.1, 0.15) is 0 Å². The number of hydrogen-bond donors (Lipinski definition) is 2. The maximum atomic E-state index is 11.6. The topological polar surface area (TPSA) is 83.5 Å². The van der Waals surface area contributed by atoms with Crippen LogP contribution in [-0.4, -0.2) is 31.3 Å². The summed E-state index contributed by atoms with van der Waals surface area (Å²) in [5, 5.41) is 11.8. The van der Waals surface area contributed by atoms with Crippen molar-refractivity contribution in [3.8, 4) is 0 Å². The maximum absolute atomic E-state index is 11.6. The van der Waals surface area contributed by atoms with Gasteiger partial charge in [-0.1, -0.05) is 13.8 Å². The van der Waals surface area contributed by atoms with E-state index in [1.54, 1.807) is 19.1 Å². The number of rotatable bonds is 7. The van der Waals surface area contributed by atoms with Crippen molar-refractivity contribution in [2.45, 2.75) is 37.6 Å². The molecule has 0 fully saturated rings.